The number of likely N-dealkylation sites (N-methyl/N-ethyl adjacent to an activating group) is 1. The second-order valence-electron chi connectivity index (χ2n) is 5.09. The van der Waals surface area contributed by atoms with E-state index in [4.69, 9.17) is 0 Å². The number of hydrogen-bond donors (Lipinski definition) is 2. The van der Waals surface area contributed by atoms with Gasteiger partial charge in [-0.2, -0.15) is 0 Å². The Morgan fingerprint density at radius 1 is 1.08 bits per heavy atom. The van der Waals surface area contributed by atoms with Crippen LogP contribution in [0.4, 0.5) is 5.69 Å². The molecule has 0 heterocycles. The number of rotatable bonds is 6. The summed E-state index contributed by atoms with van der Waals surface area (Å²) < 4.78 is 0. The highest BCUT2D eigenvalue weighted by molar-refractivity contribution is 5.94. The zero-order valence-corrected chi connectivity index (χ0v) is 13.1. The number of nitro groups is 1. The summed E-state index contributed by atoms with van der Waals surface area (Å²) in [4.78, 5) is 34.4. The molecule has 0 aliphatic carbocycles. The summed E-state index contributed by atoms with van der Waals surface area (Å²) in [6.07, 6.45) is 0. The number of non-ortho nitro benzene ring substituents is 1. The monoisotopic (exact) mass is 327 g/mol. The van der Waals surface area contributed by atoms with Gasteiger partial charge in [-0.1, -0.05) is 30.3 Å². The molecule has 7 heteroatoms. The standard InChI is InChI=1S/C17H17N3O4/c1-18-17(22)15(12-7-9-14(10-8-12)20(23)24)11-19-16(21)13-5-3-2-4-6-13/h2-10,15H,11H2,1H3,(H,18,22)(H,19,21). The Kier molecular flexibility index (Phi) is 5.62. The third-order valence-corrected chi connectivity index (χ3v) is 3.57. The van der Waals surface area contributed by atoms with Gasteiger partial charge in [0.05, 0.1) is 10.8 Å². The first kappa shape index (κ1) is 17.1. The van der Waals surface area contributed by atoms with Gasteiger partial charge in [0.25, 0.3) is 11.6 Å². The number of carbonyl (C=O) groups is 2. The Labute approximate surface area is 138 Å². The first-order chi connectivity index (χ1) is 11.5. The van der Waals surface area contributed by atoms with Crippen molar-refractivity contribution in [2.45, 2.75) is 5.92 Å². The summed E-state index contributed by atoms with van der Waals surface area (Å²) in [7, 11) is 1.50. The van der Waals surface area contributed by atoms with Crippen LogP contribution < -0.4 is 10.6 Å². The minimum Gasteiger partial charge on any atom is -0.359 e. The zero-order chi connectivity index (χ0) is 17.5. The second kappa shape index (κ2) is 7.87. The van der Waals surface area contributed by atoms with Crippen molar-refractivity contribution in [1.82, 2.24) is 10.6 Å². The lowest BCUT2D eigenvalue weighted by Crippen LogP contribution is -2.36. The average molecular weight is 327 g/mol. The van der Waals surface area contributed by atoms with Crippen LogP contribution in [-0.2, 0) is 4.79 Å². The van der Waals surface area contributed by atoms with Gasteiger partial charge in [-0.25, -0.2) is 0 Å². The van der Waals surface area contributed by atoms with E-state index in [1.165, 1.54) is 31.3 Å². The van der Waals surface area contributed by atoms with Crippen LogP contribution in [0.1, 0.15) is 21.8 Å². The van der Waals surface area contributed by atoms with Crippen molar-refractivity contribution in [3.05, 3.63) is 75.8 Å². The molecule has 0 saturated heterocycles. The molecule has 1 unspecified atom stereocenters. The summed E-state index contributed by atoms with van der Waals surface area (Å²) >= 11 is 0. The maximum absolute atomic E-state index is 12.1. The molecule has 2 N–H and O–H groups in total. The molecule has 0 aliphatic rings. The van der Waals surface area contributed by atoms with Gasteiger partial charge in [0, 0.05) is 31.3 Å². The number of nitro benzene ring substituents is 1. The quantitative estimate of drug-likeness (QED) is 0.624. The number of hydrogen-bond acceptors (Lipinski definition) is 4. The van der Waals surface area contributed by atoms with Gasteiger partial charge in [0.1, 0.15) is 0 Å². The molecule has 1 atom stereocenters. The minimum atomic E-state index is -0.636. The van der Waals surface area contributed by atoms with Crippen LogP contribution in [0.15, 0.2) is 54.6 Å². The highest BCUT2D eigenvalue weighted by atomic mass is 16.6. The maximum Gasteiger partial charge on any atom is 0.269 e. The van der Waals surface area contributed by atoms with Gasteiger partial charge in [0.2, 0.25) is 5.91 Å². The summed E-state index contributed by atoms with van der Waals surface area (Å²) in [5, 5.41) is 16.0. The molecule has 124 valence electrons. The fourth-order valence-corrected chi connectivity index (χ4v) is 2.25. The van der Waals surface area contributed by atoms with E-state index in [-0.39, 0.29) is 24.0 Å². The molecule has 0 radical (unpaired) electrons. The molecule has 7 nitrogen and oxygen atoms in total. The molecule has 2 aromatic rings. The first-order valence-corrected chi connectivity index (χ1v) is 7.32. The topological polar surface area (TPSA) is 101 Å². The molecule has 24 heavy (non-hydrogen) atoms. The van der Waals surface area contributed by atoms with Crippen molar-refractivity contribution in [3.63, 3.8) is 0 Å². The third kappa shape index (κ3) is 4.16. The molecule has 0 spiro atoms. The van der Waals surface area contributed by atoms with E-state index in [0.29, 0.717) is 11.1 Å². The maximum atomic E-state index is 12.1. The Morgan fingerprint density at radius 2 is 1.71 bits per heavy atom. The molecule has 2 amide bonds. The van der Waals surface area contributed by atoms with Crippen molar-refractivity contribution < 1.29 is 14.5 Å². The van der Waals surface area contributed by atoms with E-state index in [2.05, 4.69) is 10.6 Å². The normalized spacial score (nSPS) is 11.4. The van der Waals surface area contributed by atoms with Gasteiger partial charge in [0.15, 0.2) is 0 Å². The number of amides is 2. The van der Waals surface area contributed by atoms with Crippen molar-refractivity contribution in [1.29, 1.82) is 0 Å². The van der Waals surface area contributed by atoms with Crippen LogP contribution in [0.5, 0.6) is 0 Å². The highest BCUT2D eigenvalue weighted by Crippen LogP contribution is 2.19. The Hall–Kier alpha value is -3.22. The lowest BCUT2D eigenvalue weighted by molar-refractivity contribution is -0.384. The van der Waals surface area contributed by atoms with Gasteiger partial charge >= 0.3 is 0 Å². The summed E-state index contributed by atoms with van der Waals surface area (Å²) in [6.45, 7) is 0.0885. The molecule has 0 aromatic heterocycles. The number of benzene rings is 2. The van der Waals surface area contributed by atoms with Crippen molar-refractivity contribution >= 4 is 17.5 Å². The smallest absolute Gasteiger partial charge is 0.269 e. The largest absolute Gasteiger partial charge is 0.359 e. The molecule has 0 bridgehead atoms. The molecule has 0 saturated carbocycles. The average Bonchev–Trinajstić information content (AvgIpc) is 2.62. The lowest BCUT2D eigenvalue weighted by atomic mass is 9.97. The van der Waals surface area contributed by atoms with E-state index in [0.717, 1.165) is 0 Å². The van der Waals surface area contributed by atoms with E-state index in [1.807, 2.05) is 0 Å². The SMILES string of the molecule is CNC(=O)C(CNC(=O)c1ccccc1)c1ccc([N+](=O)[O-])cc1. The molecular weight excluding hydrogens is 310 g/mol. The van der Waals surface area contributed by atoms with Gasteiger partial charge < -0.3 is 10.6 Å². The van der Waals surface area contributed by atoms with Gasteiger partial charge in [-0.3, -0.25) is 19.7 Å². The van der Waals surface area contributed by atoms with Crippen molar-refractivity contribution in [2.75, 3.05) is 13.6 Å². The molecule has 0 aliphatic heterocycles. The third-order valence-electron chi connectivity index (χ3n) is 3.57. The fourth-order valence-electron chi connectivity index (χ4n) is 2.25. The molecule has 2 aromatic carbocycles. The van der Waals surface area contributed by atoms with Crippen molar-refractivity contribution in [2.24, 2.45) is 0 Å². The van der Waals surface area contributed by atoms with Crippen LogP contribution in [0.2, 0.25) is 0 Å². The number of nitrogens with zero attached hydrogens (tertiary/aromatic N) is 1. The van der Waals surface area contributed by atoms with Gasteiger partial charge in [-0.15, -0.1) is 0 Å². The first-order valence-electron chi connectivity index (χ1n) is 7.32. The van der Waals surface area contributed by atoms with E-state index in [9.17, 15) is 19.7 Å². The predicted molar refractivity (Wildman–Crippen MR) is 88.7 cm³/mol. The van der Waals surface area contributed by atoms with Gasteiger partial charge in [-0.05, 0) is 17.7 Å². The number of carbonyl (C=O) groups excluding carboxylic acids is 2. The van der Waals surface area contributed by atoms with E-state index < -0.39 is 10.8 Å². The lowest BCUT2D eigenvalue weighted by Gasteiger charge is -2.16. The Balaban J connectivity index is 2.12. The fraction of sp³-hybridized carbons (Fsp3) is 0.176. The van der Waals surface area contributed by atoms with E-state index >= 15 is 0 Å². The zero-order valence-electron chi connectivity index (χ0n) is 13.1. The van der Waals surface area contributed by atoms with Crippen LogP contribution in [0, 0.1) is 10.1 Å². The van der Waals surface area contributed by atoms with Crippen molar-refractivity contribution in [3.8, 4) is 0 Å². The summed E-state index contributed by atoms with van der Waals surface area (Å²) in [5.74, 6) is -1.20. The van der Waals surface area contributed by atoms with Crippen LogP contribution >= 0.6 is 0 Å². The summed E-state index contributed by atoms with van der Waals surface area (Å²) in [5.41, 5.74) is 1.04. The predicted octanol–water partition coefficient (Wildman–Crippen LogP) is 1.85. The van der Waals surface area contributed by atoms with Crippen LogP contribution in [0.3, 0.4) is 0 Å². The Bertz CT molecular complexity index is 729. The Morgan fingerprint density at radius 3 is 2.25 bits per heavy atom. The highest BCUT2D eigenvalue weighted by Gasteiger charge is 2.21. The molecule has 2 rings (SSSR count). The second-order valence-corrected chi connectivity index (χ2v) is 5.09. The van der Waals surface area contributed by atoms with Crippen LogP contribution in [0.25, 0.3) is 0 Å². The summed E-state index contributed by atoms with van der Waals surface area (Å²) in [6, 6.07) is 14.4. The van der Waals surface area contributed by atoms with Crippen LogP contribution in [-0.4, -0.2) is 30.3 Å². The minimum absolute atomic E-state index is 0.0530. The molecular formula is C17H17N3O4. The number of nitrogens with one attached hydrogen (secondary N) is 2. The van der Waals surface area contributed by atoms with E-state index in [1.54, 1.807) is 30.3 Å². The molecule has 0 fully saturated rings.